The van der Waals surface area contributed by atoms with Crippen LogP contribution < -0.4 is 4.90 Å². The Balaban J connectivity index is 1.32. The van der Waals surface area contributed by atoms with E-state index in [1.54, 1.807) is 0 Å². The lowest BCUT2D eigenvalue weighted by atomic mass is 9.95. The highest BCUT2D eigenvalue weighted by atomic mass is 16.5. The van der Waals surface area contributed by atoms with E-state index in [2.05, 4.69) is 46.2 Å². The molecule has 2 aromatic carbocycles. The number of hydrogen-bond donors (Lipinski definition) is 0. The van der Waals surface area contributed by atoms with Gasteiger partial charge in [0.05, 0.1) is 24.0 Å². The number of hydrogen-bond acceptors (Lipinski definition) is 4. The van der Waals surface area contributed by atoms with Gasteiger partial charge in [-0.2, -0.15) is 5.26 Å². The van der Waals surface area contributed by atoms with E-state index in [-0.39, 0.29) is 6.10 Å². The van der Waals surface area contributed by atoms with Gasteiger partial charge >= 0.3 is 0 Å². The number of nitrogens with zero attached hydrogens (tertiary/aromatic N) is 3. The third kappa shape index (κ3) is 3.60. The number of fused-ring (bicyclic) bond motifs is 1. The van der Waals surface area contributed by atoms with Gasteiger partial charge in [-0.3, -0.25) is 4.90 Å². The van der Waals surface area contributed by atoms with Crippen LogP contribution in [0.15, 0.2) is 48.5 Å². The number of nitriles is 1. The standard InChI is InChI=1S/C22H25N3O/c23-17-19-6-2-4-8-21(19)25-14-12-24(13-15-25)11-9-22-20-7-3-1-5-18(20)10-16-26-22/h1-8,22H,9-16H2. The van der Waals surface area contributed by atoms with Gasteiger partial charge in [0.15, 0.2) is 0 Å². The summed E-state index contributed by atoms with van der Waals surface area (Å²) in [6.07, 6.45) is 2.31. The first-order chi connectivity index (χ1) is 12.8. The smallest absolute Gasteiger partial charge is 0.101 e. The van der Waals surface area contributed by atoms with E-state index in [0.717, 1.165) is 63.4 Å². The number of anilines is 1. The molecule has 1 fully saturated rings. The predicted octanol–water partition coefficient (Wildman–Crippen LogP) is 3.38. The van der Waals surface area contributed by atoms with Crippen molar-refractivity contribution in [2.75, 3.05) is 44.2 Å². The number of ether oxygens (including phenoxy) is 1. The molecule has 2 aromatic rings. The second-order valence-electron chi connectivity index (χ2n) is 7.05. The monoisotopic (exact) mass is 347 g/mol. The summed E-state index contributed by atoms with van der Waals surface area (Å²) in [6.45, 7) is 5.91. The van der Waals surface area contributed by atoms with Crippen LogP contribution in [0, 0.1) is 11.3 Å². The van der Waals surface area contributed by atoms with Crippen molar-refractivity contribution in [3.63, 3.8) is 0 Å². The van der Waals surface area contributed by atoms with E-state index in [1.807, 2.05) is 18.2 Å². The topological polar surface area (TPSA) is 39.5 Å². The highest BCUT2D eigenvalue weighted by Gasteiger charge is 2.23. The number of benzene rings is 2. The summed E-state index contributed by atoms with van der Waals surface area (Å²) >= 11 is 0. The summed E-state index contributed by atoms with van der Waals surface area (Å²) in [5.74, 6) is 0. The minimum atomic E-state index is 0.234. The van der Waals surface area contributed by atoms with Gasteiger partial charge in [0.2, 0.25) is 0 Å². The summed E-state index contributed by atoms with van der Waals surface area (Å²) in [5.41, 5.74) is 4.66. The number of piperazine rings is 1. The second-order valence-corrected chi connectivity index (χ2v) is 7.05. The molecule has 26 heavy (non-hydrogen) atoms. The molecule has 0 radical (unpaired) electrons. The molecule has 0 aliphatic carbocycles. The van der Waals surface area contributed by atoms with Crippen molar-refractivity contribution < 1.29 is 4.74 Å². The maximum absolute atomic E-state index is 9.31. The quantitative estimate of drug-likeness (QED) is 0.850. The molecule has 0 N–H and O–H groups in total. The van der Waals surface area contributed by atoms with Gasteiger partial charge in [-0.25, -0.2) is 0 Å². The van der Waals surface area contributed by atoms with E-state index < -0.39 is 0 Å². The lowest BCUT2D eigenvalue weighted by Crippen LogP contribution is -2.47. The maximum Gasteiger partial charge on any atom is 0.101 e. The summed E-state index contributed by atoms with van der Waals surface area (Å²) in [6, 6.07) is 18.9. The Morgan fingerprint density at radius 2 is 1.77 bits per heavy atom. The molecule has 134 valence electrons. The summed E-state index contributed by atoms with van der Waals surface area (Å²) in [5, 5.41) is 9.31. The SMILES string of the molecule is N#Cc1ccccc1N1CCN(CCC2OCCc3ccccc32)CC1. The van der Waals surface area contributed by atoms with Crippen LogP contribution in [0.3, 0.4) is 0 Å². The van der Waals surface area contributed by atoms with Gasteiger partial charge in [0, 0.05) is 32.7 Å². The van der Waals surface area contributed by atoms with Gasteiger partial charge in [-0.1, -0.05) is 36.4 Å². The van der Waals surface area contributed by atoms with E-state index in [4.69, 9.17) is 4.74 Å². The predicted molar refractivity (Wildman–Crippen MR) is 103 cm³/mol. The van der Waals surface area contributed by atoms with Crippen molar-refractivity contribution in [2.45, 2.75) is 18.9 Å². The van der Waals surface area contributed by atoms with Crippen LogP contribution in [-0.4, -0.2) is 44.2 Å². The normalized spacial score (nSPS) is 20.4. The van der Waals surface area contributed by atoms with Crippen LogP contribution >= 0.6 is 0 Å². The fourth-order valence-corrected chi connectivity index (χ4v) is 4.07. The van der Waals surface area contributed by atoms with Gasteiger partial charge < -0.3 is 9.64 Å². The summed E-state index contributed by atoms with van der Waals surface area (Å²) in [7, 11) is 0. The molecule has 2 heterocycles. The molecule has 0 bridgehead atoms. The van der Waals surface area contributed by atoms with Crippen LogP contribution in [0.1, 0.15) is 29.2 Å². The molecule has 4 nitrogen and oxygen atoms in total. The molecule has 4 rings (SSSR count). The van der Waals surface area contributed by atoms with E-state index in [0.29, 0.717) is 0 Å². The summed E-state index contributed by atoms with van der Waals surface area (Å²) in [4.78, 5) is 4.85. The zero-order valence-corrected chi connectivity index (χ0v) is 15.1. The molecule has 1 unspecified atom stereocenters. The Morgan fingerprint density at radius 1 is 1.00 bits per heavy atom. The minimum Gasteiger partial charge on any atom is -0.373 e. The third-order valence-corrected chi connectivity index (χ3v) is 5.54. The van der Waals surface area contributed by atoms with Crippen molar-refractivity contribution in [3.05, 3.63) is 65.2 Å². The van der Waals surface area contributed by atoms with Crippen molar-refractivity contribution in [2.24, 2.45) is 0 Å². The Hall–Kier alpha value is -2.35. The Kier molecular flexibility index (Phi) is 5.19. The van der Waals surface area contributed by atoms with Crippen LogP contribution in [0.5, 0.6) is 0 Å². The Bertz CT molecular complexity index is 790. The van der Waals surface area contributed by atoms with Crippen molar-refractivity contribution in [1.82, 2.24) is 4.90 Å². The first-order valence-electron chi connectivity index (χ1n) is 9.51. The van der Waals surface area contributed by atoms with Crippen molar-refractivity contribution in [3.8, 4) is 6.07 Å². The van der Waals surface area contributed by atoms with Crippen LogP contribution in [-0.2, 0) is 11.2 Å². The highest BCUT2D eigenvalue weighted by molar-refractivity contribution is 5.59. The lowest BCUT2D eigenvalue weighted by molar-refractivity contribution is 0.0289. The van der Waals surface area contributed by atoms with Crippen LogP contribution in [0.4, 0.5) is 5.69 Å². The second kappa shape index (κ2) is 7.90. The molecule has 2 aliphatic rings. The molecule has 0 aromatic heterocycles. The molecule has 0 saturated carbocycles. The van der Waals surface area contributed by atoms with Gasteiger partial charge in [0.1, 0.15) is 6.07 Å². The fourth-order valence-electron chi connectivity index (χ4n) is 4.07. The highest BCUT2D eigenvalue weighted by Crippen LogP contribution is 2.30. The van der Waals surface area contributed by atoms with E-state index >= 15 is 0 Å². The first-order valence-corrected chi connectivity index (χ1v) is 9.51. The molecule has 4 heteroatoms. The van der Waals surface area contributed by atoms with E-state index in [1.165, 1.54) is 11.1 Å². The fraction of sp³-hybridized carbons (Fsp3) is 0.409. The molecule has 1 atom stereocenters. The third-order valence-electron chi connectivity index (χ3n) is 5.54. The van der Waals surface area contributed by atoms with Gasteiger partial charge in [-0.05, 0) is 36.1 Å². The number of rotatable bonds is 4. The average molecular weight is 347 g/mol. The molecule has 0 amide bonds. The molecule has 2 aliphatic heterocycles. The maximum atomic E-state index is 9.31. The Morgan fingerprint density at radius 3 is 2.62 bits per heavy atom. The van der Waals surface area contributed by atoms with Crippen molar-refractivity contribution >= 4 is 5.69 Å². The first kappa shape index (κ1) is 17.1. The molecular formula is C22H25N3O. The lowest BCUT2D eigenvalue weighted by Gasteiger charge is -2.37. The largest absolute Gasteiger partial charge is 0.373 e. The molecule has 0 spiro atoms. The van der Waals surface area contributed by atoms with Gasteiger partial charge in [-0.15, -0.1) is 0 Å². The summed E-state index contributed by atoms with van der Waals surface area (Å²) < 4.78 is 6.04. The zero-order valence-electron chi connectivity index (χ0n) is 15.1. The van der Waals surface area contributed by atoms with E-state index in [9.17, 15) is 5.26 Å². The minimum absolute atomic E-state index is 0.234. The molecule has 1 saturated heterocycles. The van der Waals surface area contributed by atoms with Crippen molar-refractivity contribution in [1.29, 1.82) is 5.26 Å². The zero-order chi connectivity index (χ0) is 17.8. The molecular weight excluding hydrogens is 322 g/mol. The van der Waals surface area contributed by atoms with Crippen LogP contribution in [0.25, 0.3) is 0 Å². The number of para-hydroxylation sites is 1. The van der Waals surface area contributed by atoms with Crippen LogP contribution in [0.2, 0.25) is 0 Å². The Labute approximate surface area is 155 Å². The van der Waals surface area contributed by atoms with Gasteiger partial charge in [0.25, 0.3) is 0 Å². The average Bonchev–Trinajstić information content (AvgIpc) is 2.72.